The van der Waals surface area contributed by atoms with E-state index in [4.69, 9.17) is 4.84 Å². The molecule has 0 unspecified atom stereocenters. The van der Waals surface area contributed by atoms with Gasteiger partial charge in [-0.15, -0.1) is 5.06 Å². The maximum atomic E-state index is 12.9. The van der Waals surface area contributed by atoms with Gasteiger partial charge in [0.15, 0.2) is 0 Å². The number of rotatable bonds is 4. The van der Waals surface area contributed by atoms with E-state index in [1.165, 1.54) is 5.56 Å². The number of nitrogens with zero attached hydrogens (tertiary/aromatic N) is 2. The molecule has 34 heavy (non-hydrogen) atoms. The van der Waals surface area contributed by atoms with E-state index in [2.05, 4.69) is 63.5 Å². The van der Waals surface area contributed by atoms with Crippen LogP contribution in [0.3, 0.4) is 0 Å². The third-order valence-corrected chi connectivity index (χ3v) is 6.32. The second-order valence-electron chi connectivity index (χ2n) is 9.90. The smallest absolute Gasteiger partial charge is 0.285 e. The lowest BCUT2D eigenvalue weighted by Crippen LogP contribution is -2.30. The third-order valence-electron chi connectivity index (χ3n) is 6.32. The zero-order chi connectivity index (χ0) is 24.2. The molecule has 0 fully saturated rings. The molecule has 1 aromatic heterocycles. The molecule has 0 saturated heterocycles. The first-order valence-electron chi connectivity index (χ1n) is 11.5. The van der Waals surface area contributed by atoms with E-state index in [0.717, 1.165) is 38.4 Å². The van der Waals surface area contributed by atoms with Crippen LogP contribution < -0.4 is 0 Å². The van der Waals surface area contributed by atoms with Gasteiger partial charge < -0.3 is 4.57 Å². The second-order valence-corrected chi connectivity index (χ2v) is 9.90. The Bertz CT molecular complexity index is 1410. The van der Waals surface area contributed by atoms with Crippen molar-refractivity contribution < 1.29 is 14.4 Å². The molecule has 5 heteroatoms. The van der Waals surface area contributed by atoms with Crippen molar-refractivity contribution in [3.8, 4) is 11.3 Å². The molecule has 5 rings (SSSR count). The van der Waals surface area contributed by atoms with Gasteiger partial charge in [-0.3, -0.25) is 14.4 Å². The molecule has 172 valence electrons. The average Bonchev–Trinajstić information content (AvgIpc) is 3.25. The fourth-order valence-electron chi connectivity index (χ4n) is 5.04. The molecule has 0 bridgehead atoms. The first-order chi connectivity index (χ1) is 16.2. The minimum absolute atomic E-state index is 0.0964. The predicted molar refractivity (Wildman–Crippen MR) is 134 cm³/mol. The van der Waals surface area contributed by atoms with E-state index < -0.39 is 11.8 Å². The molecule has 0 N–H and O–H groups in total. The highest BCUT2D eigenvalue weighted by Gasteiger charge is 2.37. The molecule has 4 aromatic rings. The number of hydroxylamine groups is 2. The fourth-order valence-corrected chi connectivity index (χ4v) is 5.04. The number of hydrogen-bond donors (Lipinski definition) is 0. The van der Waals surface area contributed by atoms with Gasteiger partial charge in [0.25, 0.3) is 11.8 Å². The van der Waals surface area contributed by atoms with Gasteiger partial charge in [0.2, 0.25) is 0 Å². The summed E-state index contributed by atoms with van der Waals surface area (Å²) in [6, 6.07) is 21.4. The molecular weight excluding hydrogens is 424 g/mol. The molecule has 0 atom stereocenters. The average molecular weight is 453 g/mol. The summed E-state index contributed by atoms with van der Waals surface area (Å²) in [5, 5.41) is 2.00. The molecule has 2 amide bonds. The second kappa shape index (κ2) is 7.96. The van der Waals surface area contributed by atoms with Crippen molar-refractivity contribution in [3.05, 3.63) is 94.5 Å². The Morgan fingerprint density at radius 2 is 1.41 bits per heavy atom. The van der Waals surface area contributed by atoms with Gasteiger partial charge >= 0.3 is 0 Å². The summed E-state index contributed by atoms with van der Waals surface area (Å²) >= 11 is 0. The number of hydrogen-bond acceptors (Lipinski definition) is 3. The van der Waals surface area contributed by atoms with Gasteiger partial charge in [-0.25, -0.2) is 0 Å². The highest BCUT2D eigenvalue weighted by atomic mass is 16.7. The van der Waals surface area contributed by atoms with Gasteiger partial charge in [0.1, 0.15) is 6.61 Å². The van der Waals surface area contributed by atoms with Crippen molar-refractivity contribution in [2.45, 2.75) is 46.8 Å². The highest BCUT2D eigenvalue weighted by Crippen LogP contribution is 2.41. The van der Waals surface area contributed by atoms with E-state index in [9.17, 15) is 9.59 Å². The molecule has 1 aliphatic heterocycles. The number of aromatic nitrogens is 1. The molecule has 1 aliphatic rings. The Kier molecular flexibility index (Phi) is 5.18. The summed E-state index contributed by atoms with van der Waals surface area (Å²) in [6.07, 6.45) is 0. The highest BCUT2D eigenvalue weighted by molar-refractivity contribution is 6.20. The van der Waals surface area contributed by atoms with Crippen LogP contribution in [0, 0.1) is 13.8 Å². The van der Waals surface area contributed by atoms with Gasteiger partial charge in [0, 0.05) is 22.0 Å². The summed E-state index contributed by atoms with van der Waals surface area (Å²) < 4.78 is 2.35. The largest absolute Gasteiger partial charge is 0.335 e. The lowest BCUT2D eigenvalue weighted by atomic mass is 10.0. The van der Waals surface area contributed by atoms with Crippen LogP contribution in [-0.4, -0.2) is 21.4 Å². The van der Waals surface area contributed by atoms with Gasteiger partial charge in [-0.2, -0.15) is 0 Å². The molecule has 0 aliphatic carbocycles. The summed E-state index contributed by atoms with van der Waals surface area (Å²) in [7, 11) is 0. The maximum absolute atomic E-state index is 12.9. The maximum Gasteiger partial charge on any atom is 0.285 e. The van der Waals surface area contributed by atoms with Crippen LogP contribution in [0.25, 0.3) is 22.2 Å². The SMILES string of the molecule is Cc1cc(C)c2c(CON3C(=O)c4ccccc4C3=O)c(-c3ccccc3)n(C(C)(C)C)c2c1. The summed E-state index contributed by atoms with van der Waals surface area (Å²) in [4.78, 5) is 31.8. The fraction of sp³-hybridized carbons (Fsp3) is 0.241. The number of benzene rings is 3. The monoisotopic (exact) mass is 452 g/mol. The van der Waals surface area contributed by atoms with Crippen LogP contribution >= 0.6 is 0 Å². The van der Waals surface area contributed by atoms with Gasteiger partial charge in [0.05, 0.1) is 16.8 Å². The van der Waals surface area contributed by atoms with Crippen LogP contribution in [-0.2, 0) is 17.0 Å². The van der Waals surface area contributed by atoms with Crippen LogP contribution in [0.4, 0.5) is 0 Å². The quantitative estimate of drug-likeness (QED) is 0.336. The number of carbonyl (C=O) groups excluding carboxylic acids is 2. The van der Waals surface area contributed by atoms with Gasteiger partial charge in [-0.1, -0.05) is 48.5 Å². The Morgan fingerprint density at radius 1 is 0.824 bits per heavy atom. The van der Waals surface area contributed by atoms with Crippen LogP contribution in [0.2, 0.25) is 0 Å². The van der Waals surface area contributed by atoms with Crippen molar-refractivity contribution >= 4 is 22.7 Å². The van der Waals surface area contributed by atoms with E-state index in [0.29, 0.717) is 11.1 Å². The first kappa shape index (κ1) is 22.1. The van der Waals surface area contributed by atoms with E-state index in [1.807, 2.05) is 18.2 Å². The molecular formula is C29H28N2O3. The van der Waals surface area contributed by atoms with Crippen molar-refractivity contribution in [2.24, 2.45) is 0 Å². The van der Waals surface area contributed by atoms with Crippen molar-refractivity contribution in [1.29, 1.82) is 0 Å². The first-order valence-corrected chi connectivity index (χ1v) is 11.5. The summed E-state index contributed by atoms with van der Waals surface area (Å²) in [5.41, 5.74) is 7.03. The topological polar surface area (TPSA) is 51.5 Å². The number of imide groups is 1. The standard InChI is InChI=1S/C29H28N2O3/c1-18-15-19(2)25-23(17-34-31-27(32)21-13-9-10-14-22(21)28(31)33)26(20-11-7-6-8-12-20)30(24(25)16-18)29(3,4)5/h6-16H,17H2,1-5H3. The Labute approximate surface area is 199 Å². The van der Waals surface area contributed by atoms with Crippen LogP contribution in [0.5, 0.6) is 0 Å². The van der Waals surface area contributed by atoms with E-state index in [-0.39, 0.29) is 12.1 Å². The number of carbonyl (C=O) groups is 2. The molecule has 2 heterocycles. The minimum atomic E-state index is -0.422. The molecule has 0 spiro atoms. The lowest BCUT2D eigenvalue weighted by Gasteiger charge is -2.27. The third kappa shape index (κ3) is 3.44. The van der Waals surface area contributed by atoms with Crippen molar-refractivity contribution in [1.82, 2.24) is 9.63 Å². The lowest BCUT2D eigenvalue weighted by molar-refractivity contribution is -0.100. The number of fused-ring (bicyclic) bond motifs is 2. The molecule has 0 saturated carbocycles. The van der Waals surface area contributed by atoms with Crippen LogP contribution in [0.1, 0.15) is 58.2 Å². The molecule has 5 nitrogen and oxygen atoms in total. The van der Waals surface area contributed by atoms with Crippen molar-refractivity contribution in [2.75, 3.05) is 0 Å². The molecule has 0 radical (unpaired) electrons. The minimum Gasteiger partial charge on any atom is -0.335 e. The number of aryl methyl sites for hydroxylation is 2. The Morgan fingerprint density at radius 3 is 2.00 bits per heavy atom. The predicted octanol–water partition coefficient (Wildman–Crippen LogP) is 6.41. The zero-order valence-electron chi connectivity index (χ0n) is 20.2. The van der Waals surface area contributed by atoms with Crippen molar-refractivity contribution in [3.63, 3.8) is 0 Å². The number of amides is 2. The normalized spacial score (nSPS) is 13.7. The zero-order valence-corrected chi connectivity index (χ0v) is 20.2. The Balaban J connectivity index is 1.68. The summed E-state index contributed by atoms with van der Waals surface area (Å²) in [6.45, 7) is 10.9. The van der Waals surface area contributed by atoms with Crippen LogP contribution in [0.15, 0.2) is 66.7 Å². The van der Waals surface area contributed by atoms with E-state index >= 15 is 0 Å². The molecule has 3 aromatic carbocycles. The Hall–Kier alpha value is -3.70. The van der Waals surface area contributed by atoms with Gasteiger partial charge in [-0.05, 0) is 69.5 Å². The summed E-state index contributed by atoms with van der Waals surface area (Å²) in [5.74, 6) is -0.844. The van der Waals surface area contributed by atoms with E-state index in [1.54, 1.807) is 24.3 Å².